The minimum absolute atomic E-state index is 0.0830. The van der Waals surface area contributed by atoms with Crippen LogP contribution in [0.3, 0.4) is 0 Å². The molecule has 7 atom stereocenters. The summed E-state index contributed by atoms with van der Waals surface area (Å²) in [4.78, 5) is 28.1. The zero-order chi connectivity index (χ0) is 22.8. The summed E-state index contributed by atoms with van der Waals surface area (Å²) in [5, 5.41) is 3.27. The number of amides is 2. The maximum absolute atomic E-state index is 13.9. The average molecular weight is 453 g/mol. The highest BCUT2D eigenvalue weighted by Gasteiger charge is 2.61. The van der Waals surface area contributed by atoms with Gasteiger partial charge in [0, 0.05) is 30.5 Å². The summed E-state index contributed by atoms with van der Waals surface area (Å²) < 4.78 is 0. The second-order valence-corrected chi connectivity index (χ2v) is 13.3. The summed E-state index contributed by atoms with van der Waals surface area (Å²) >= 11 is 0. The van der Waals surface area contributed by atoms with E-state index in [0.717, 1.165) is 25.9 Å². The van der Waals surface area contributed by atoms with E-state index in [1.54, 1.807) is 6.08 Å². The lowest BCUT2D eigenvalue weighted by Crippen LogP contribution is -2.59. The number of nitrogens with one attached hydrogen (secondary N) is 1. The average Bonchev–Trinajstić information content (AvgIpc) is 3.17. The highest BCUT2D eigenvalue weighted by Crippen LogP contribution is 2.65. The van der Waals surface area contributed by atoms with Crippen molar-refractivity contribution >= 4 is 11.8 Å². The molecule has 0 bridgehead atoms. The van der Waals surface area contributed by atoms with Crippen molar-refractivity contribution < 1.29 is 9.59 Å². The molecule has 1 spiro atoms. The number of rotatable bonds is 1. The van der Waals surface area contributed by atoms with Gasteiger partial charge in [-0.05, 0) is 98.9 Å². The lowest BCUT2D eigenvalue weighted by atomic mass is 9.48. The molecule has 0 aromatic heterocycles. The first-order valence-electron chi connectivity index (χ1n) is 14.1. The van der Waals surface area contributed by atoms with Gasteiger partial charge < -0.3 is 10.2 Å². The predicted octanol–water partition coefficient (Wildman–Crippen LogP) is 5.47. The number of hydrogen-bond donors (Lipinski definition) is 1. The molecule has 6 rings (SSSR count). The van der Waals surface area contributed by atoms with E-state index >= 15 is 0 Å². The van der Waals surface area contributed by atoms with Crippen LogP contribution in [0.25, 0.3) is 0 Å². The molecule has 0 aromatic rings. The zero-order valence-electron chi connectivity index (χ0n) is 20.9. The number of carbonyl (C=O) groups excluding carboxylic acids is 2. The Hall–Kier alpha value is -1.32. The molecule has 0 unspecified atom stereocenters. The Morgan fingerprint density at radius 1 is 0.909 bits per heavy atom. The molecule has 182 valence electrons. The third kappa shape index (κ3) is 3.36. The summed E-state index contributed by atoms with van der Waals surface area (Å²) in [5.41, 5.74) is 0.816. The third-order valence-corrected chi connectivity index (χ3v) is 12.0. The fourth-order valence-corrected chi connectivity index (χ4v) is 9.96. The molecule has 4 saturated carbocycles. The molecule has 33 heavy (non-hydrogen) atoms. The summed E-state index contributed by atoms with van der Waals surface area (Å²) in [6.07, 6.45) is 20.5. The van der Waals surface area contributed by atoms with E-state index in [1.165, 1.54) is 70.6 Å². The van der Waals surface area contributed by atoms with Gasteiger partial charge >= 0.3 is 0 Å². The minimum atomic E-state index is 0.0830. The molecule has 2 aliphatic heterocycles. The standard InChI is InChI=1S/C29H44N2O2/c1-27-14-10-22-20(6-9-24-28(22,2)15-11-25(32)30-24)21(27)7-8-23(27)26(33)31-18-16-29(17-19-31)12-4-3-5-13-29/h11,15,20-24H,3-10,12-14,16-19H2,1-2H3,(H,30,32)/t20-,21-,22-,23+,24+,27-,28+/m0/s1. The second-order valence-electron chi connectivity index (χ2n) is 13.3. The van der Waals surface area contributed by atoms with E-state index in [2.05, 4.69) is 30.1 Å². The van der Waals surface area contributed by atoms with E-state index in [1.807, 2.05) is 0 Å². The monoisotopic (exact) mass is 452 g/mol. The smallest absolute Gasteiger partial charge is 0.243 e. The number of hydrogen-bond acceptors (Lipinski definition) is 2. The highest BCUT2D eigenvalue weighted by atomic mass is 16.2. The van der Waals surface area contributed by atoms with Crippen molar-refractivity contribution in [3.8, 4) is 0 Å². The predicted molar refractivity (Wildman–Crippen MR) is 130 cm³/mol. The van der Waals surface area contributed by atoms with Gasteiger partial charge in [0.05, 0.1) is 0 Å². The topological polar surface area (TPSA) is 49.4 Å². The van der Waals surface area contributed by atoms with E-state index in [4.69, 9.17) is 0 Å². The molecule has 2 heterocycles. The van der Waals surface area contributed by atoms with E-state index in [9.17, 15) is 9.59 Å². The maximum Gasteiger partial charge on any atom is 0.243 e. The molecular weight excluding hydrogens is 408 g/mol. The molecular formula is C29H44N2O2. The fraction of sp³-hybridized carbons (Fsp3) is 0.862. The van der Waals surface area contributed by atoms with E-state index in [0.29, 0.717) is 35.1 Å². The van der Waals surface area contributed by atoms with Crippen molar-refractivity contribution in [2.75, 3.05) is 13.1 Å². The Kier molecular flexibility index (Phi) is 5.27. The summed E-state index contributed by atoms with van der Waals surface area (Å²) in [5.74, 6) is 2.82. The molecule has 5 fully saturated rings. The Morgan fingerprint density at radius 2 is 1.67 bits per heavy atom. The molecule has 4 heteroatoms. The van der Waals surface area contributed by atoms with Crippen LogP contribution in [-0.2, 0) is 9.59 Å². The van der Waals surface area contributed by atoms with Gasteiger partial charge in [-0.3, -0.25) is 9.59 Å². The quantitative estimate of drug-likeness (QED) is 0.573. The lowest BCUT2D eigenvalue weighted by molar-refractivity contribution is -0.146. The van der Waals surface area contributed by atoms with Gasteiger partial charge in [-0.15, -0.1) is 0 Å². The van der Waals surface area contributed by atoms with Crippen molar-refractivity contribution in [3.05, 3.63) is 12.2 Å². The van der Waals surface area contributed by atoms with Crippen LogP contribution in [-0.4, -0.2) is 35.8 Å². The Morgan fingerprint density at radius 3 is 2.42 bits per heavy atom. The second kappa shape index (κ2) is 7.85. The molecule has 2 amide bonds. The minimum Gasteiger partial charge on any atom is -0.349 e. The van der Waals surface area contributed by atoms with Gasteiger partial charge in [0.1, 0.15) is 0 Å². The Balaban J connectivity index is 1.17. The highest BCUT2D eigenvalue weighted by molar-refractivity contribution is 5.89. The van der Waals surface area contributed by atoms with Gasteiger partial charge in [-0.2, -0.15) is 0 Å². The van der Waals surface area contributed by atoms with Crippen LogP contribution in [0.5, 0.6) is 0 Å². The lowest BCUT2D eigenvalue weighted by Gasteiger charge is -2.59. The number of nitrogens with zero attached hydrogens (tertiary/aromatic N) is 1. The van der Waals surface area contributed by atoms with Crippen molar-refractivity contribution in [3.63, 3.8) is 0 Å². The van der Waals surface area contributed by atoms with Crippen molar-refractivity contribution in [2.24, 2.45) is 39.9 Å². The molecule has 4 aliphatic carbocycles. The van der Waals surface area contributed by atoms with Crippen LogP contribution in [0.4, 0.5) is 0 Å². The van der Waals surface area contributed by atoms with Crippen LogP contribution >= 0.6 is 0 Å². The van der Waals surface area contributed by atoms with Crippen molar-refractivity contribution in [1.82, 2.24) is 10.2 Å². The SMILES string of the molecule is C[C@]12C=CC(=O)N[C@@H]1CC[C@@H]1[C@@H]2CC[C@]2(C)[C@@H](C(=O)N3CCC4(CCCCC4)CC3)CC[C@@H]12. The summed E-state index contributed by atoms with van der Waals surface area (Å²) in [6.45, 7) is 6.88. The Bertz CT molecular complexity index is 835. The van der Waals surface area contributed by atoms with Gasteiger partial charge in [0.25, 0.3) is 0 Å². The number of likely N-dealkylation sites (tertiary alicyclic amines) is 1. The maximum atomic E-state index is 13.9. The first-order valence-corrected chi connectivity index (χ1v) is 14.1. The number of carbonyl (C=O) groups is 2. The summed E-state index contributed by atoms with van der Waals surface area (Å²) in [6, 6.07) is 0.292. The third-order valence-electron chi connectivity index (χ3n) is 12.0. The largest absolute Gasteiger partial charge is 0.349 e. The molecule has 1 saturated heterocycles. The normalized spacial score (nSPS) is 46.3. The molecule has 0 radical (unpaired) electrons. The number of piperidine rings is 1. The van der Waals surface area contributed by atoms with Gasteiger partial charge in [0.15, 0.2) is 0 Å². The molecule has 0 aromatic carbocycles. The number of fused-ring (bicyclic) bond motifs is 5. The van der Waals surface area contributed by atoms with Crippen molar-refractivity contribution in [2.45, 2.75) is 103 Å². The first-order chi connectivity index (χ1) is 15.8. The zero-order valence-corrected chi connectivity index (χ0v) is 20.9. The van der Waals surface area contributed by atoms with Crippen LogP contribution in [0.2, 0.25) is 0 Å². The van der Waals surface area contributed by atoms with Crippen LogP contribution in [0.15, 0.2) is 12.2 Å². The molecule has 4 nitrogen and oxygen atoms in total. The molecule has 1 N–H and O–H groups in total. The van der Waals surface area contributed by atoms with Gasteiger partial charge in [-0.1, -0.05) is 39.2 Å². The van der Waals surface area contributed by atoms with Crippen LogP contribution in [0, 0.1) is 39.9 Å². The van der Waals surface area contributed by atoms with Crippen LogP contribution in [0.1, 0.15) is 97.3 Å². The first kappa shape index (κ1) is 22.2. The van der Waals surface area contributed by atoms with E-state index < -0.39 is 0 Å². The van der Waals surface area contributed by atoms with Crippen LogP contribution < -0.4 is 5.32 Å². The van der Waals surface area contributed by atoms with Gasteiger partial charge in [0.2, 0.25) is 11.8 Å². The van der Waals surface area contributed by atoms with E-state index in [-0.39, 0.29) is 22.7 Å². The Labute approximate surface area is 200 Å². The van der Waals surface area contributed by atoms with Crippen molar-refractivity contribution in [1.29, 1.82) is 0 Å². The molecule has 6 aliphatic rings. The summed E-state index contributed by atoms with van der Waals surface area (Å²) in [7, 11) is 0. The fourth-order valence-electron chi connectivity index (χ4n) is 9.96. The van der Waals surface area contributed by atoms with Gasteiger partial charge in [-0.25, -0.2) is 0 Å².